The predicted molar refractivity (Wildman–Crippen MR) is 125 cm³/mol. The highest BCUT2D eigenvalue weighted by molar-refractivity contribution is 7.89. The van der Waals surface area contributed by atoms with Crippen LogP contribution in [0.3, 0.4) is 0 Å². The first-order valence-electron chi connectivity index (χ1n) is 11.0. The zero-order valence-electron chi connectivity index (χ0n) is 18.1. The Morgan fingerprint density at radius 2 is 2.12 bits per heavy atom. The largest absolute Gasteiger partial charge is 0.307 e. The van der Waals surface area contributed by atoms with Gasteiger partial charge in [-0.1, -0.05) is 29.0 Å². The van der Waals surface area contributed by atoms with Gasteiger partial charge in [-0.25, -0.2) is 26.9 Å². The van der Waals surface area contributed by atoms with Crippen LogP contribution in [0.5, 0.6) is 0 Å². The number of rotatable bonds is 6. The molecule has 1 saturated heterocycles. The van der Waals surface area contributed by atoms with E-state index in [0.717, 1.165) is 37.7 Å². The Labute approximate surface area is 203 Å². The van der Waals surface area contributed by atoms with E-state index in [-0.39, 0.29) is 26.9 Å². The normalized spacial score (nSPS) is 23.6. The van der Waals surface area contributed by atoms with Crippen molar-refractivity contribution in [1.29, 1.82) is 0 Å². The number of aromatic nitrogens is 4. The lowest BCUT2D eigenvalue weighted by Gasteiger charge is -2.23. The van der Waals surface area contributed by atoms with Crippen molar-refractivity contribution < 1.29 is 17.2 Å². The Balaban J connectivity index is 1.57. The number of hydrogen-bond donors (Lipinski definition) is 2. The van der Waals surface area contributed by atoms with E-state index >= 15 is 0 Å². The maximum Gasteiger partial charge on any atom is 0.291 e. The van der Waals surface area contributed by atoms with E-state index in [1.165, 1.54) is 6.20 Å². The summed E-state index contributed by atoms with van der Waals surface area (Å²) in [5.41, 5.74) is 1.73. The second-order valence-electron chi connectivity index (χ2n) is 9.39. The van der Waals surface area contributed by atoms with Gasteiger partial charge >= 0.3 is 0 Å². The summed E-state index contributed by atoms with van der Waals surface area (Å²) in [5, 5.41) is 10.8. The number of halogens is 3. The highest BCUT2D eigenvalue weighted by atomic mass is 35.5. The summed E-state index contributed by atoms with van der Waals surface area (Å²) in [7, 11) is -3.85. The van der Waals surface area contributed by atoms with Gasteiger partial charge in [-0.3, -0.25) is 4.40 Å². The van der Waals surface area contributed by atoms with E-state index in [1.54, 1.807) is 10.5 Å². The molecule has 1 saturated carbocycles. The van der Waals surface area contributed by atoms with Crippen LogP contribution >= 0.6 is 22.9 Å². The van der Waals surface area contributed by atoms with Crippen LogP contribution in [0, 0.1) is 0 Å². The minimum absolute atomic E-state index is 0.0591. The number of hydrogen-bond acceptors (Lipinski definition) is 7. The van der Waals surface area contributed by atoms with Crippen LogP contribution in [-0.2, 0) is 10.0 Å². The number of imidazole rings is 1. The molecule has 3 aliphatic rings. The lowest BCUT2D eigenvalue weighted by atomic mass is 9.96. The molecule has 180 valence electrons. The third-order valence-electron chi connectivity index (χ3n) is 6.67. The molecule has 2 aliphatic heterocycles. The number of fused-ring (bicyclic) bond motifs is 3. The molecular formula is C21H21ClF2N6O2S2. The Morgan fingerprint density at radius 1 is 1.32 bits per heavy atom. The molecule has 2 N–H and O–H groups in total. The first kappa shape index (κ1) is 22.5. The molecule has 13 heteroatoms. The Morgan fingerprint density at radius 3 is 2.79 bits per heavy atom. The van der Waals surface area contributed by atoms with E-state index in [9.17, 15) is 17.2 Å². The van der Waals surface area contributed by atoms with Crippen molar-refractivity contribution in [2.24, 2.45) is 0 Å². The van der Waals surface area contributed by atoms with Gasteiger partial charge in [0.15, 0.2) is 21.0 Å². The zero-order valence-corrected chi connectivity index (χ0v) is 20.4. The van der Waals surface area contributed by atoms with Gasteiger partial charge < -0.3 is 5.32 Å². The first-order valence-corrected chi connectivity index (χ1v) is 13.6. The van der Waals surface area contributed by atoms with Crippen LogP contribution in [0.4, 0.5) is 8.78 Å². The fourth-order valence-corrected chi connectivity index (χ4v) is 7.14. The summed E-state index contributed by atoms with van der Waals surface area (Å²) < 4.78 is 57.2. The van der Waals surface area contributed by atoms with Crippen LogP contribution in [0.25, 0.3) is 21.9 Å². The first-order chi connectivity index (χ1) is 16.1. The van der Waals surface area contributed by atoms with E-state index in [0.29, 0.717) is 28.5 Å². The topological polar surface area (TPSA) is 101 Å². The summed E-state index contributed by atoms with van der Waals surface area (Å²) in [4.78, 5) is 4.44. The van der Waals surface area contributed by atoms with Crippen molar-refractivity contribution >= 4 is 44.1 Å². The Hall–Kier alpha value is -1.99. The highest BCUT2D eigenvalue weighted by Crippen LogP contribution is 2.40. The standard InChI is InChI=1S/C21H21ClF2N6O2S2/c1-21(4-5-21)29-34(31,32)13-8-14(10-6-11-2-3-12(7-10)25-11)15-16(22)26-18(30(15)9-13)20-28-27-19(33-20)17(23)24/h6,8-9,11-12,17,25,29H,2-5,7H2,1H3. The molecule has 1 aliphatic carbocycles. The van der Waals surface area contributed by atoms with Crippen molar-refractivity contribution in [3.8, 4) is 10.8 Å². The molecule has 2 unspecified atom stereocenters. The Bertz CT molecular complexity index is 1450. The van der Waals surface area contributed by atoms with Crippen molar-refractivity contribution in [2.45, 2.75) is 68.0 Å². The summed E-state index contributed by atoms with van der Waals surface area (Å²) in [5.74, 6) is 0.179. The van der Waals surface area contributed by atoms with E-state index in [1.807, 2.05) is 6.92 Å². The average Bonchev–Trinajstić information content (AvgIpc) is 3.12. The molecule has 2 fully saturated rings. The number of alkyl halides is 2. The summed E-state index contributed by atoms with van der Waals surface area (Å²) in [6, 6.07) is 2.17. The predicted octanol–water partition coefficient (Wildman–Crippen LogP) is 4.18. The summed E-state index contributed by atoms with van der Waals surface area (Å²) in [6.45, 7) is 1.86. The van der Waals surface area contributed by atoms with Crippen LogP contribution < -0.4 is 10.0 Å². The fourth-order valence-electron chi connectivity index (χ4n) is 4.69. The van der Waals surface area contributed by atoms with E-state index < -0.39 is 27.0 Å². The number of nitrogens with zero attached hydrogens (tertiary/aromatic N) is 4. The molecule has 5 heterocycles. The van der Waals surface area contributed by atoms with Crippen LogP contribution in [0.15, 0.2) is 23.2 Å². The lowest BCUT2D eigenvalue weighted by molar-refractivity contribution is 0.150. The van der Waals surface area contributed by atoms with Crippen molar-refractivity contribution in [1.82, 2.24) is 29.6 Å². The van der Waals surface area contributed by atoms with Gasteiger partial charge in [0.25, 0.3) is 6.43 Å². The molecule has 3 aromatic heterocycles. The van der Waals surface area contributed by atoms with Gasteiger partial charge in [0.2, 0.25) is 10.0 Å². The minimum atomic E-state index is -3.85. The van der Waals surface area contributed by atoms with Crippen LogP contribution in [-0.4, -0.2) is 45.6 Å². The van der Waals surface area contributed by atoms with Crippen LogP contribution in [0.2, 0.25) is 5.15 Å². The molecule has 34 heavy (non-hydrogen) atoms. The van der Waals surface area contributed by atoms with E-state index in [2.05, 4.69) is 31.3 Å². The smallest absolute Gasteiger partial charge is 0.291 e. The average molecular weight is 527 g/mol. The molecule has 3 aromatic rings. The van der Waals surface area contributed by atoms with Gasteiger partial charge in [-0.05, 0) is 50.7 Å². The molecule has 0 aromatic carbocycles. The molecule has 2 atom stereocenters. The highest BCUT2D eigenvalue weighted by Gasteiger charge is 2.42. The van der Waals surface area contributed by atoms with Gasteiger partial charge in [-0.2, -0.15) is 0 Å². The van der Waals surface area contributed by atoms with E-state index in [4.69, 9.17) is 11.6 Å². The van der Waals surface area contributed by atoms with Gasteiger partial charge in [0.1, 0.15) is 0 Å². The Kier molecular flexibility index (Phi) is 5.13. The number of sulfonamides is 1. The second-order valence-corrected chi connectivity index (χ2v) is 12.4. The third-order valence-corrected chi connectivity index (χ3v) is 9.46. The van der Waals surface area contributed by atoms with Gasteiger partial charge in [-0.15, -0.1) is 10.2 Å². The SMILES string of the molecule is CC1(NS(=O)(=O)c2cc(C3=CC4CCC(C3)N4)c3c(Cl)nc(-c4nnc(C(F)F)s4)n3c2)CC1. The van der Waals surface area contributed by atoms with Crippen LogP contribution in [0.1, 0.15) is 56.0 Å². The second kappa shape index (κ2) is 7.76. The molecule has 0 spiro atoms. The van der Waals surface area contributed by atoms with Gasteiger partial charge in [0.05, 0.1) is 10.4 Å². The monoisotopic (exact) mass is 526 g/mol. The zero-order chi connectivity index (χ0) is 23.8. The third kappa shape index (κ3) is 3.85. The summed E-state index contributed by atoms with van der Waals surface area (Å²) >= 11 is 7.27. The number of nitrogens with one attached hydrogen (secondary N) is 2. The quantitative estimate of drug-likeness (QED) is 0.499. The lowest BCUT2D eigenvalue weighted by Crippen LogP contribution is -2.34. The van der Waals surface area contributed by atoms with Gasteiger partial charge in [0, 0.05) is 29.4 Å². The molecule has 0 radical (unpaired) electrons. The van der Waals surface area contributed by atoms with Crippen molar-refractivity contribution in [3.05, 3.63) is 34.1 Å². The maximum atomic E-state index is 13.3. The van der Waals surface area contributed by atoms with Crippen molar-refractivity contribution in [3.63, 3.8) is 0 Å². The molecule has 2 bridgehead atoms. The summed E-state index contributed by atoms with van der Waals surface area (Å²) in [6.07, 6.45) is 5.11. The fraction of sp³-hybridized carbons (Fsp3) is 0.476. The molecular weight excluding hydrogens is 506 g/mol. The molecule has 8 nitrogen and oxygen atoms in total. The number of pyridine rings is 1. The molecule has 6 rings (SSSR count). The molecule has 0 amide bonds. The maximum absolute atomic E-state index is 13.3. The van der Waals surface area contributed by atoms with Crippen molar-refractivity contribution in [2.75, 3.05) is 0 Å². The minimum Gasteiger partial charge on any atom is -0.307 e.